The number of aryl methyl sites for hydroxylation is 2. The standard InChI is InChI=1S/C15H18Cl2N2O/c1-8(2)13-12(15(17)19(4)18-13)14(20)10-6-5-9(3)11(16)7-10/h5-8,14,20H,1-4H3. The Morgan fingerprint density at radius 2 is 1.90 bits per heavy atom. The van der Waals surface area contributed by atoms with Crippen molar-refractivity contribution in [1.29, 1.82) is 0 Å². The van der Waals surface area contributed by atoms with Gasteiger partial charge in [-0.1, -0.05) is 49.2 Å². The number of hydrogen-bond acceptors (Lipinski definition) is 2. The predicted molar refractivity (Wildman–Crippen MR) is 82.6 cm³/mol. The minimum Gasteiger partial charge on any atom is -0.383 e. The van der Waals surface area contributed by atoms with E-state index < -0.39 is 6.10 Å². The van der Waals surface area contributed by atoms with Crippen LogP contribution in [0.3, 0.4) is 0 Å². The molecule has 108 valence electrons. The molecule has 5 heteroatoms. The molecule has 0 saturated carbocycles. The molecule has 2 rings (SSSR count). The maximum absolute atomic E-state index is 10.6. The molecule has 1 aromatic carbocycles. The van der Waals surface area contributed by atoms with Gasteiger partial charge in [-0.3, -0.25) is 4.68 Å². The highest BCUT2D eigenvalue weighted by Gasteiger charge is 2.24. The van der Waals surface area contributed by atoms with Crippen LogP contribution in [-0.2, 0) is 7.05 Å². The Bertz CT molecular complexity index is 635. The quantitative estimate of drug-likeness (QED) is 0.920. The number of aliphatic hydroxyl groups is 1. The van der Waals surface area contributed by atoms with Crippen LogP contribution >= 0.6 is 23.2 Å². The Morgan fingerprint density at radius 3 is 2.45 bits per heavy atom. The van der Waals surface area contributed by atoms with Crippen LogP contribution in [0.1, 0.15) is 48.3 Å². The number of nitrogens with zero attached hydrogens (tertiary/aromatic N) is 2. The van der Waals surface area contributed by atoms with Crippen LogP contribution in [-0.4, -0.2) is 14.9 Å². The van der Waals surface area contributed by atoms with Gasteiger partial charge in [-0.2, -0.15) is 5.10 Å². The third kappa shape index (κ3) is 2.71. The van der Waals surface area contributed by atoms with Crippen LogP contribution in [0.2, 0.25) is 10.2 Å². The molecule has 0 saturated heterocycles. The summed E-state index contributed by atoms with van der Waals surface area (Å²) in [5.41, 5.74) is 3.16. The molecule has 1 aromatic heterocycles. The Labute approximate surface area is 129 Å². The molecule has 0 aliphatic heterocycles. The summed E-state index contributed by atoms with van der Waals surface area (Å²) in [6.07, 6.45) is -0.827. The van der Waals surface area contributed by atoms with E-state index in [9.17, 15) is 5.11 Å². The van der Waals surface area contributed by atoms with E-state index in [-0.39, 0.29) is 5.92 Å². The van der Waals surface area contributed by atoms with Gasteiger partial charge in [0.1, 0.15) is 11.3 Å². The number of benzene rings is 1. The van der Waals surface area contributed by atoms with Crippen molar-refractivity contribution < 1.29 is 5.11 Å². The van der Waals surface area contributed by atoms with Crippen molar-refractivity contribution >= 4 is 23.2 Å². The van der Waals surface area contributed by atoms with E-state index in [4.69, 9.17) is 23.2 Å². The highest BCUT2D eigenvalue weighted by Crippen LogP contribution is 2.35. The number of aromatic nitrogens is 2. The van der Waals surface area contributed by atoms with Gasteiger partial charge in [0.2, 0.25) is 0 Å². The lowest BCUT2D eigenvalue weighted by Crippen LogP contribution is -2.04. The maximum Gasteiger partial charge on any atom is 0.133 e. The van der Waals surface area contributed by atoms with Crippen molar-refractivity contribution in [2.45, 2.75) is 32.8 Å². The van der Waals surface area contributed by atoms with Crippen molar-refractivity contribution in [2.24, 2.45) is 7.05 Å². The minimum atomic E-state index is -0.827. The summed E-state index contributed by atoms with van der Waals surface area (Å²) in [6.45, 7) is 5.98. The largest absolute Gasteiger partial charge is 0.383 e. The molecule has 0 fully saturated rings. The molecular formula is C15H18Cl2N2O. The highest BCUT2D eigenvalue weighted by atomic mass is 35.5. The molecule has 0 aliphatic carbocycles. The van der Waals surface area contributed by atoms with E-state index in [1.54, 1.807) is 17.8 Å². The molecule has 0 bridgehead atoms. The molecular weight excluding hydrogens is 295 g/mol. The van der Waals surface area contributed by atoms with Gasteiger partial charge < -0.3 is 5.11 Å². The fourth-order valence-corrected chi connectivity index (χ4v) is 2.59. The van der Waals surface area contributed by atoms with Gasteiger partial charge in [0.25, 0.3) is 0 Å². The molecule has 0 amide bonds. The van der Waals surface area contributed by atoms with E-state index >= 15 is 0 Å². The number of aliphatic hydroxyl groups excluding tert-OH is 1. The third-order valence-corrected chi connectivity index (χ3v) is 4.23. The molecule has 1 atom stereocenters. The van der Waals surface area contributed by atoms with Crippen LogP contribution in [0.15, 0.2) is 18.2 Å². The fraction of sp³-hybridized carbons (Fsp3) is 0.400. The number of rotatable bonds is 3. The first-order valence-corrected chi connectivity index (χ1v) is 7.25. The summed E-state index contributed by atoms with van der Waals surface area (Å²) in [4.78, 5) is 0. The van der Waals surface area contributed by atoms with Crippen molar-refractivity contribution in [2.75, 3.05) is 0 Å². The minimum absolute atomic E-state index is 0.180. The first-order chi connectivity index (χ1) is 9.32. The van der Waals surface area contributed by atoms with Crippen molar-refractivity contribution in [3.8, 4) is 0 Å². The topological polar surface area (TPSA) is 38.1 Å². The van der Waals surface area contributed by atoms with E-state index in [0.717, 1.165) is 16.8 Å². The Morgan fingerprint density at radius 1 is 1.25 bits per heavy atom. The number of hydrogen-bond donors (Lipinski definition) is 1. The zero-order valence-electron chi connectivity index (χ0n) is 12.0. The highest BCUT2D eigenvalue weighted by molar-refractivity contribution is 6.31. The first-order valence-electron chi connectivity index (χ1n) is 6.49. The monoisotopic (exact) mass is 312 g/mol. The lowest BCUT2D eigenvalue weighted by molar-refractivity contribution is 0.219. The second-order valence-electron chi connectivity index (χ2n) is 5.28. The lowest BCUT2D eigenvalue weighted by atomic mass is 9.97. The van der Waals surface area contributed by atoms with Gasteiger partial charge in [-0.25, -0.2) is 0 Å². The van der Waals surface area contributed by atoms with Crippen molar-refractivity contribution in [1.82, 2.24) is 9.78 Å². The van der Waals surface area contributed by atoms with E-state index in [1.807, 2.05) is 32.9 Å². The lowest BCUT2D eigenvalue weighted by Gasteiger charge is -2.14. The summed E-state index contributed by atoms with van der Waals surface area (Å²) in [7, 11) is 1.77. The molecule has 1 heterocycles. The average molecular weight is 313 g/mol. The first kappa shape index (κ1) is 15.4. The zero-order valence-corrected chi connectivity index (χ0v) is 13.5. The van der Waals surface area contributed by atoms with E-state index in [1.165, 1.54) is 0 Å². The normalized spacial score (nSPS) is 13.0. The molecule has 0 radical (unpaired) electrons. The summed E-state index contributed by atoms with van der Waals surface area (Å²) < 4.78 is 1.59. The summed E-state index contributed by atoms with van der Waals surface area (Å²) in [5.74, 6) is 0.180. The van der Waals surface area contributed by atoms with Crippen LogP contribution in [0.4, 0.5) is 0 Å². The molecule has 0 aliphatic rings. The van der Waals surface area contributed by atoms with Gasteiger partial charge in [0.15, 0.2) is 0 Å². The Kier molecular flexibility index (Phi) is 4.43. The maximum atomic E-state index is 10.6. The Balaban J connectivity index is 2.52. The smallest absolute Gasteiger partial charge is 0.133 e. The van der Waals surface area contributed by atoms with Gasteiger partial charge >= 0.3 is 0 Å². The van der Waals surface area contributed by atoms with Gasteiger partial charge in [0.05, 0.1) is 5.69 Å². The van der Waals surface area contributed by atoms with Crippen LogP contribution in [0, 0.1) is 6.92 Å². The van der Waals surface area contributed by atoms with Crippen molar-refractivity contribution in [3.63, 3.8) is 0 Å². The molecule has 0 spiro atoms. The van der Waals surface area contributed by atoms with Crippen molar-refractivity contribution in [3.05, 3.63) is 50.8 Å². The third-order valence-electron chi connectivity index (χ3n) is 3.37. The molecule has 20 heavy (non-hydrogen) atoms. The molecule has 1 unspecified atom stereocenters. The second-order valence-corrected chi connectivity index (χ2v) is 6.04. The summed E-state index contributed by atoms with van der Waals surface area (Å²) in [5, 5.41) is 16.1. The van der Waals surface area contributed by atoms with Crippen LogP contribution in [0.5, 0.6) is 0 Å². The van der Waals surface area contributed by atoms with Gasteiger partial charge in [-0.15, -0.1) is 0 Å². The Hall–Kier alpha value is -1.03. The number of halogens is 2. The second kappa shape index (κ2) is 5.76. The molecule has 1 N–H and O–H groups in total. The van der Waals surface area contributed by atoms with E-state index in [2.05, 4.69) is 5.10 Å². The fourth-order valence-electron chi connectivity index (χ4n) is 2.16. The average Bonchev–Trinajstić information content (AvgIpc) is 2.69. The zero-order chi connectivity index (χ0) is 15.0. The summed E-state index contributed by atoms with van der Waals surface area (Å²) >= 11 is 12.4. The predicted octanol–water partition coefficient (Wildman–Crippen LogP) is 4.24. The van der Waals surface area contributed by atoms with Gasteiger partial charge in [0, 0.05) is 17.6 Å². The van der Waals surface area contributed by atoms with Crippen LogP contribution in [0.25, 0.3) is 0 Å². The molecule has 3 nitrogen and oxygen atoms in total. The summed E-state index contributed by atoms with van der Waals surface area (Å²) in [6, 6.07) is 5.52. The SMILES string of the molecule is Cc1ccc(C(O)c2c(C(C)C)nn(C)c2Cl)cc1Cl. The van der Waals surface area contributed by atoms with E-state index in [0.29, 0.717) is 15.7 Å². The molecule has 2 aromatic rings. The van der Waals surface area contributed by atoms with Gasteiger partial charge in [-0.05, 0) is 30.0 Å². The van der Waals surface area contributed by atoms with Crippen LogP contribution < -0.4 is 0 Å².